The first-order valence-corrected chi connectivity index (χ1v) is 10.7. The fourth-order valence-corrected chi connectivity index (χ4v) is 4.17. The number of guanidine groups is 1. The Morgan fingerprint density at radius 2 is 1.93 bits per heavy atom. The first-order chi connectivity index (χ1) is 13.8. The standard InChI is InChI=1S/C22H32ClN5O.HI/c1-4-24-20(25-15-21(2,29)18-13-27-28(3)14-18)26-16-22(11-5-6-12-22)17-7-9-19(23)10-8-17;/h7-10,13-14,29H,4-6,11-12,15-16H2,1-3H3,(H2,24,25,26);1H. The smallest absolute Gasteiger partial charge is 0.191 e. The first kappa shape index (κ1) is 24.9. The number of hydrogen-bond donors (Lipinski definition) is 3. The molecule has 0 bridgehead atoms. The third-order valence-corrected chi connectivity index (χ3v) is 6.08. The minimum absolute atomic E-state index is 0. The number of rotatable bonds is 7. The SMILES string of the molecule is CCNC(=NCC(C)(O)c1cnn(C)c1)NCC1(c2ccc(Cl)cc2)CCCC1.I. The Labute approximate surface area is 201 Å². The minimum atomic E-state index is -1.07. The molecule has 0 aliphatic heterocycles. The molecule has 1 aliphatic carbocycles. The molecule has 2 aromatic rings. The molecule has 0 amide bonds. The summed E-state index contributed by atoms with van der Waals surface area (Å²) < 4.78 is 1.69. The molecule has 0 radical (unpaired) electrons. The molecule has 8 heteroatoms. The van der Waals surface area contributed by atoms with Crippen LogP contribution in [0.3, 0.4) is 0 Å². The Bertz CT molecular complexity index is 828. The van der Waals surface area contributed by atoms with Crippen molar-refractivity contribution >= 4 is 41.5 Å². The molecule has 166 valence electrons. The Morgan fingerprint density at radius 1 is 1.27 bits per heavy atom. The van der Waals surface area contributed by atoms with Crippen LogP contribution in [-0.4, -0.2) is 40.5 Å². The normalized spacial score (nSPS) is 17.8. The molecule has 0 saturated heterocycles. The fourth-order valence-electron chi connectivity index (χ4n) is 4.04. The largest absolute Gasteiger partial charge is 0.383 e. The zero-order valence-electron chi connectivity index (χ0n) is 18.0. The topological polar surface area (TPSA) is 74.5 Å². The summed E-state index contributed by atoms with van der Waals surface area (Å²) >= 11 is 6.09. The molecule has 1 aliphatic rings. The van der Waals surface area contributed by atoms with Crippen LogP contribution in [0.5, 0.6) is 0 Å². The number of benzene rings is 1. The molecule has 30 heavy (non-hydrogen) atoms. The van der Waals surface area contributed by atoms with Crippen LogP contribution in [-0.2, 0) is 18.1 Å². The lowest BCUT2D eigenvalue weighted by molar-refractivity contribution is 0.0671. The average molecular weight is 546 g/mol. The lowest BCUT2D eigenvalue weighted by atomic mass is 9.79. The molecule has 1 aromatic carbocycles. The van der Waals surface area contributed by atoms with Gasteiger partial charge in [0, 0.05) is 42.3 Å². The van der Waals surface area contributed by atoms with Gasteiger partial charge in [-0.2, -0.15) is 5.10 Å². The van der Waals surface area contributed by atoms with Crippen molar-refractivity contribution in [2.75, 3.05) is 19.6 Å². The van der Waals surface area contributed by atoms with Crippen LogP contribution in [0.15, 0.2) is 41.7 Å². The summed E-state index contributed by atoms with van der Waals surface area (Å²) in [5, 5.41) is 22.6. The molecule has 0 spiro atoms. The van der Waals surface area contributed by atoms with Gasteiger partial charge in [0.05, 0.1) is 12.7 Å². The molecule has 1 saturated carbocycles. The van der Waals surface area contributed by atoms with Crippen molar-refractivity contribution in [2.24, 2.45) is 12.0 Å². The van der Waals surface area contributed by atoms with Crippen molar-refractivity contribution in [3.8, 4) is 0 Å². The number of aryl methyl sites for hydroxylation is 1. The van der Waals surface area contributed by atoms with Gasteiger partial charge in [0.2, 0.25) is 0 Å². The van der Waals surface area contributed by atoms with Gasteiger partial charge >= 0.3 is 0 Å². The van der Waals surface area contributed by atoms with Crippen molar-refractivity contribution in [1.82, 2.24) is 20.4 Å². The molecule has 6 nitrogen and oxygen atoms in total. The third kappa shape index (κ3) is 6.11. The lowest BCUT2D eigenvalue weighted by Crippen LogP contribution is -2.45. The van der Waals surface area contributed by atoms with Gasteiger partial charge in [-0.05, 0) is 44.4 Å². The monoisotopic (exact) mass is 545 g/mol. The van der Waals surface area contributed by atoms with Gasteiger partial charge in [-0.1, -0.05) is 36.6 Å². The second-order valence-corrected chi connectivity index (χ2v) is 8.66. The van der Waals surface area contributed by atoms with Crippen LogP contribution in [0.2, 0.25) is 5.02 Å². The molecule has 1 aromatic heterocycles. The summed E-state index contributed by atoms with van der Waals surface area (Å²) in [4.78, 5) is 4.66. The number of aromatic nitrogens is 2. The Kier molecular flexibility index (Phi) is 8.99. The van der Waals surface area contributed by atoms with Gasteiger partial charge in [0.1, 0.15) is 5.60 Å². The van der Waals surface area contributed by atoms with E-state index in [1.165, 1.54) is 18.4 Å². The zero-order chi connectivity index (χ0) is 20.9. The van der Waals surface area contributed by atoms with E-state index in [9.17, 15) is 5.11 Å². The van der Waals surface area contributed by atoms with E-state index in [-0.39, 0.29) is 35.9 Å². The molecule has 3 rings (SSSR count). The summed E-state index contributed by atoms with van der Waals surface area (Å²) in [6.07, 6.45) is 8.26. The van der Waals surface area contributed by atoms with Gasteiger partial charge in [0.25, 0.3) is 0 Å². The number of halogens is 2. The van der Waals surface area contributed by atoms with E-state index in [4.69, 9.17) is 11.6 Å². The number of aliphatic hydroxyl groups is 1. The predicted octanol–water partition coefficient (Wildman–Crippen LogP) is 3.97. The van der Waals surface area contributed by atoms with Crippen LogP contribution >= 0.6 is 35.6 Å². The van der Waals surface area contributed by atoms with Crippen LogP contribution in [0, 0.1) is 0 Å². The summed E-state index contributed by atoms with van der Waals surface area (Å²) in [5.74, 6) is 0.719. The highest BCUT2D eigenvalue weighted by molar-refractivity contribution is 14.0. The van der Waals surface area contributed by atoms with Gasteiger partial charge < -0.3 is 15.7 Å². The van der Waals surface area contributed by atoms with E-state index in [0.717, 1.165) is 42.5 Å². The Balaban J connectivity index is 0.00000320. The van der Waals surface area contributed by atoms with E-state index in [1.54, 1.807) is 17.8 Å². The third-order valence-electron chi connectivity index (χ3n) is 5.83. The highest BCUT2D eigenvalue weighted by Gasteiger charge is 2.35. The van der Waals surface area contributed by atoms with Crippen molar-refractivity contribution < 1.29 is 5.11 Å². The Hall–Kier alpha value is -1.32. The highest BCUT2D eigenvalue weighted by atomic mass is 127. The fraction of sp³-hybridized carbons (Fsp3) is 0.545. The second-order valence-electron chi connectivity index (χ2n) is 8.22. The zero-order valence-corrected chi connectivity index (χ0v) is 21.1. The van der Waals surface area contributed by atoms with Gasteiger partial charge in [-0.15, -0.1) is 24.0 Å². The van der Waals surface area contributed by atoms with Gasteiger partial charge in [-0.25, -0.2) is 4.99 Å². The summed E-state index contributed by atoms with van der Waals surface area (Å²) in [7, 11) is 1.84. The summed E-state index contributed by atoms with van der Waals surface area (Å²) in [5.41, 5.74) is 1.10. The predicted molar refractivity (Wildman–Crippen MR) is 134 cm³/mol. The Morgan fingerprint density at radius 3 is 2.50 bits per heavy atom. The number of hydrogen-bond acceptors (Lipinski definition) is 3. The van der Waals surface area contributed by atoms with Crippen molar-refractivity contribution in [3.05, 3.63) is 52.8 Å². The lowest BCUT2D eigenvalue weighted by Gasteiger charge is -2.31. The summed E-state index contributed by atoms with van der Waals surface area (Å²) in [6.45, 7) is 5.62. The van der Waals surface area contributed by atoms with Crippen molar-refractivity contribution in [2.45, 2.75) is 50.5 Å². The van der Waals surface area contributed by atoms with Crippen LogP contribution < -0.4 is 10.6 Å². The number of aliphatic imine (C=N–C) groups is 1. The van der Waals surface area contributed by atoms with E-state index >= 15 is 0 Å². The molecule has 1 fully saturated rings. The van der Waals surface area contributed by atoms with E-state index in [2.05, 4.69) is 32.9 Å². The maximum Gasteiger partial charge on any atom is 0.191 e. The second kappa shape index (κ2) is 10.8. The van der Waals surface area contributed by atoms with E-state index in [0.29, 0.717) is 0 Å². The molecule has 3 N–H and O–H groups in total. The molecule has 1 heterocycles. The van der Waals surface area contributed by atoms with Gasteiger partial charge in [-0.3, -0.25) is 4.68 Å². The molecule has 1 atom stereocenters. The quantitative estimate of drug-likeness (QED) is 0.280. The highest BCUT2D eigenvalue weighted by Crippen LogP contribution is 2.40. The average Bonchev–Trinajstić information content (AvgIpc) is 3.35. The van der Waals surface area contributed by atoms with Gasteiger partial charge in [0.15, 0.2) is 5.96 Å². The minimum Gasteiger partial charge on any atom is -0.383 e. The number of nitrogens with one attached hydrogen (secondary N) is 2. The maximum absolute atomic E-state index is 10.8. The summed E-state index contributed by atoms with van der Waals surface area (Å²) in [6, 6.07) is 8.24. The van der Waals surface area contributed by atoms with Crippen molar-refractivity contribution in [1.29, 1.82) is 0 Å². The maximum atomic E-state index is 10.8. The van der Waals surface area contributed by atoms with E-state index < -0.39 is 5.60 Å². The molecule has 1 unspecified atom stereocenters. The molecular weight excluding hydrogens is 513 g/mol. The van der Waals surface area contributed by atoms with E-state index in [1.807, 2.05) is 32.3 Å². The van der Waals surface area contributed by atoms with Crippen LogP contribution in [0.25, 0.3) is 0 Å². The first-order valence-electron chi connectivity index (χ1n) is 10.3. The van der Waals surface area contributed by atoms with Crippen molar-refractivity contribution in [3.63, 3.8) is 0 Å². The van der Waals surface area contributed by atoms with Crippen LogP contribution in [0.4, 0.5) is 0 Å². The van der Waals surface area contributed by atoms with Crippen LogP contribution in [0.1, 0.15) is 50.7 Å². The number of nitrogens with zero attached hydrogens (tertiary/aromatic N) is 3. The molecular formula is C22H33ClIN5O.